The van der Waals surface area contributed by atoms with Crippen molar-refractivity contribution in [2.24, 2.45) is 5.73 Å². The number of amides is 1. The number of benzene rings is 1. The Morgan fingerprint density at radius 1 is 1.12 bits per heavy atom. The lowest BCUT2D eigenvalue weighted by atomic mass is 10.0. The molecule has 1 aromatic carbocycles. The van der Waals surface area contributed by atoms with Gasteiger partial charge in [0.05, 0.1) is 17.0 Å². The third kappa shape index (κ3) is 5.70. The first-order chi connectivity index (χ1) is 18.4. The van der Waals surface area contributed by atoms with Gasteiger partial charge in [0.15, 0.2) is 0 Å². The molecule has 0 aliphatic heterocycles. The molecule has 11 nitrogen and oxygen atoms in total. The first-order valence-corrected chi connectivity index (χ1v) is 11.2. The summed E-state index contributed by atoms with van der Waals surface area (Å²) in [5, 5.41) is 22.0. The van der Waals surface area contributed by atoms with Crippen LogP contribution in [-0.2, 0) is 17.3 Å². The number of hydrogen-bond acceptors (Lipinski definition) is 9. The van der Waals surface area contributed by atoms with Gasteiger partial charge in [-0.25, -0.2) is 9.07 Å². The summed E-state index contributed by atoms with van der Waals surface area (Å²) in [6.45, 7) is 1.19. The number of nitrogens with two attached hydrogens (primary N) is 1. The highest BCUT2D eigenvalue weighted by Crippen LogP contribution is 2.52. The minimum absolute atomic E-state index is 0.0528. The van der Waals surface area contributed by atoms with E-state index < -0.39 is 67.6 Å². The van der Waals surface area contributed by atoms with E-state index in [1.807, 2.05) is 0 Å². The second kappa shape index (κ2) is 10.7. The molecular weight excluding hydrogens is 586 g/mol. The maximum Gasteiger partial charge on any atom is 0.460 e. The van der Waals surface area contributed by atoms with Crippen molar-refractivity contribution in [2.45, 2.75) is 48.0 Å². The van der Waals surface area contributed by atoms with E-state index in [-0.39, 0.29) is 36.2 Å². The Morgan fingerprint density at radius 3 is 2.30 bits per heavy atom. The van der Waals surface area contributed by atoms with Gasteiger partial charge in [-0.1, -0.05) is 0 Å². The second-order valence-corrected chi connectivity index (χ2v) is 8.91. The van der Waals surface area contributed by atoms with E-state index in [1.165, 1.54) is 6.92 Å². The molecular formula is C20H13F8N7O4S. The number of nitrogens with zero attached hydrogens (tertiary/aromatic N) is 6. The summed E-state index contributed by atoms with van der Waals surface area (Å²) >= 11 is 0.464. The predicted molar refractivity (Wildman–Crippen MR) is 117 cm³/mol. The fourth-order valence-corrected chi connectivity index (χ4v) is 4.15. The fourth-order valence-electron chi connectivity index (χ4n) is 3.12. The number of ketones is 1. The largest absolute Gasteiger partial charge is 0.460 e. The van der Waals surface area contributed by atoms with Crippen LogP contribution >= 0.6 is 11.8 Å². The van der Waals surface area contributed by atoms with Crippen LogP contribution in [0.1, 0.15) is 29.3 Å². The van der Waals surface area contributed by atoms with Crippen molar-refractivity contribution < 1.29 is 49.6 Å². The topological polar surface area (TPSA) is 160 Å². The molecule has 0 saturated carbocycles. The van der Waals surface area contributed by atoms with Gasteiger partial charge >= 0.3 is 18.0 Å². The van der Waals surface area contributed by atoms with Crippen LogP contribution < -0.4 is 5.73 Å². The molecule has 0 fully saturated rings. The van der Waals surface area contributed by atoms with Crippen LogP contribution in [0.3, 0.4) is 0 Å². The zero-order chi connectivity index (χ0) is 30.2. The normalized spacial score (nSPS) is 12.4. The number of hydrogen-bond donors (Lipinski definition) is 1. The third-order valence-corrected chi connectivity index (χ3v) is 6.25. The number of nitro benzene ring substituents is 1. The molecule has 2 N–H and O–H groups in total. The van der Waals surface area contributed by atoms with Crippen LogP contribution in [0.15, 0.2) is 34.4 Å². The SMILES string of the molecule is CC(=O)CCn1nnnc1Sc1c(C(N)=O)cc([N+](=O)[O-])cc1-c1ncc(C(F)(F)C(F)(F)C(F)(F)F)cc1F. The molecule has 0 bridgehead atoms. The molecule has 2 heterocycles. The lowest BCUT2D eigenvalue weighted by molar-refractivity contribution is -0.384. The van der Waals surface area contributed by atoms with Crippen molar-refractivity contribution in [1.29, 1.82) is 0 Å². The lowest BCUT2D eigenvalue weighted by Crippen LogP contribution is -2.50. The van der Waals surface area contributed by atoms with Gasteiger partial charge in [0.25, 0.3) is 5.69 Å². The minimum atomic E-state index is -6.71. The summed E-state index contributed by atoms with van der Waals surface area (Å²) in [4.78, 5) is 36.7. The number of carbonyl (C=O) groups is 2. The molecule has 0 aliphatic carbocycles. The number of pyridine rings is 1. The van der Waals surface area contributed by atoms with Crippen molar-refractivity contribution in [1.82, 2.24) is 25.2 Å². The van der Waals surface area contributed by atoms with E-state index in [1.54, 1.807) is 0 Å². The molecule has 0 atom stereocenters. The summed E-state index contributed by atoms with van der Waals surface area (Å²) in [5.74, 6) is -16.0. The highest BCUT2D eigenvalue weighted by Gasteiger charge is 2.73. The second-order valence-electron chi connectivity index (χ2n) is 7.93. The Labute approximate surface area is 220 Å². The van der Waals surface area contributed by atoms with E-state index in [0.717, 1.165) is 4.68 Å². The molecule has 0 radical (unpaired) electrons. The number of aryl methyl sites for hydroxylation is 1. The average Bonchev–Trinajstić information content (AvgIpc) is 3.28. The monoisotopic (exact) mass is 599 g/mol. The third-order valence-electron chi connectivity index (χ3n) is 5.13. The Balaban J connectivity index is 2.23. The number of non-ortho nitro benzene ring substituents is 1. The maximum atomic E-state index is 15.1. The van der Waals surface area contributed by atoms with Gasteiger partial charge in [-0.2, -0.15) is 30.7 Å². The van der Waals surface area contributed by atoms with Crippen LogP contribution in [-0.4, -0.2) is 53.9 Å². The van der Waals surface area contributed by atoms with Gasteiger partial charge in [-0.05, 0) is 35.2 Å². The van der Waals surface area contributed by atoms with Gasteiger partial charge in [-0.15, -0.1) is 5.10 Å². The number of primary amides is 1. The van der Waals surface area contributed by atoms with E-state index in [4.69, 9.17) is 5.73 Å². The Bertz CT molecular complexity index is 1500. The Morgan fingerprint density at radius 2 is 1.77 bits per heavy atom. The summed E-state index contributed by atoms with van der Waals surface area (Å²) < 4.78 is 109. The van der Waals surface area contributed by atoms with E-state index in [9.17, 15) is 50.4 Å². The van der Waals surface area contributed by atoms with Crippen LogP contribution in [0.25, 0.3) is 11.3 Å². The molecule has 214 valence electrons. The van der Waals surface area contributed by atoms with Gasteiger partial charge in [0.2, 0.25) is 11.1 Å². The van der Waals surface area contributed by atoms with Gasteiger partial charge < -0.3 is 5.73 Å². The fraction of sp³-hybridized carbons (Fsp3) is 0.300. The smallest absolute Gasteiger partial charge is 0.366 e. The highest BCUT2D eigenvalue weighted by molar-refractivity contribution is 7.99. The van der Waals surface area contributed by atoms with Crippen molar-refractivity contribution in [3.8, 4) is 11.3 Å². The number of aromatic nitrogens is 5. The van der Waals surface area contributed by atoms with E-state index in [2.05, 4.69) is 20.5 Å². The molecule has 0 aliphatic rings. The molecule has 3 aromatic rings. The summed E-state index contributed by atoms with van der Waals surface area (Å²) in [6.07, 6.45) is -6.94. The molecule has 0 unspecified atom stereocenters. The van der Waals surface area contributed by atoms with Crippen molar-refractivity contribution in [2.75, 3.05) is 0 Å². The maximum absolute atomic E-state index is 15.1. The molecule has 40 heavy (non-hydrogen) atoms. The zero-order valence-electron chi connectivity index (χ0n) is 19.5. The Hall–Kier alpha value is -4.23. The molecule has 20 heteroatoms. The number of rotatable bonds is 10. The number of halogens is 8. The lowest BCUT2D eigenvalue weighted by Gasteiger charge is -2.28. The van der Waals surface area contributed by atoms with Crippen LogP contribution in [0.2, 0.25) is 0 Å². The summed E-state index contributed by atoms with van der Waals surface area (Å²) in [6, 6.07) is 0.963. The number of nitro groups is 1. The summed E-state index contributed by atoms with van der Waals surface area (Å²) in [7, 11) is 0. The first kappa shape index (κ1) is 30.3. The van der Waals surface area contributed by atoms with Crippen molar-refractivity contribution >= 4 is 29.1 Å². The quantitative estimate of drug-likeness (QED) is 0.204. The molecule has 3 rings (SSSR count). The van der Waals surface area contributed by atoms with E-state index >= 15 is 4.39 Å². The average molecular weight is 599 g/mol. The van der Waals surface area contributed by atoms with Gasteiger partial charge in [0.1, 0.15) is 17.3 Å². The standard InChI is InChI=1S/C20H13F8N7O4S/c1-8(36)2-3-34-17(31-32-33-34)40-15-11(5-10(35(38)39)6-12(15)16(29)37)14-13(21)4-9(7-30-14)18(22,23)19(24,25)20(26,27)28/h4-7H,2-3H2,1H3,(H2,29,37). The molecule has 0 spiro atoms. The highest BCUT2D eigenvalue weighted by atomic mass is 32.2. The van der Waals surface area contributed by atoms with Gasteiger partial charge in [-0.3, -0.25) is 24.7 Å². The van der Waals surface area contributed by atoms with Crippen LogP contribution in [0.5, 0.6) is 0 Å². The molecule has 0 saturated heterocycles. The summed E-state index contributed by atoms with van der Waals surface area (Å²) in [5.41, 5.74) is -0.0454. The zero-order valence-corrected chi connectivity index (χ0v) is 20.4. The van der Waals surface area contributed by atoms with Gasteiger partial charge in [0, 0.05) is 40.8 Å². The van der Waals surface area contributed by atoms with Crippen molar-refractivity contribution in [3.05, 3.63) is 51.5 Å². The predicted octanol–water partition coefficient (Wildman–Crippen LogP) is 4.30. The minimum Gasteiger partial charge on any atom is -0.366 e. The van der Waals surface area contributed by atoms with Crippen molar-refractivity contribution in [3.63, 3.8) is 0 Å². The first-order valence-electron chi connectivity index (χ1n) is 10.4. The number of Topliss-reactive ketones (excluding diaryl/α,β-unsaturated/α-hetero) is 1. The number of carbonyl (C=O) groups excluding carboxylic acids is 2. The van der Waals surface area contributed by atoms with Crippen LogP contribution in [0.4, 0.5) is 40.8 Å². The number of tetrazole rings is 1. The Kier molecular flexibility index (Phi) is 8.14. The van der Waals surface area contributed by atoms with Crippen LogP contribution in [0, 0.1) is 15.9 Å². The van der Waals surface area contributed by atoms with E-state index in [0.29, 0.717) is 23.9 Å². The molecule has 1 amide bonds. The number of alkyl halides is 7. The molecule has 2 aromatic heterocycles.